The number of benzene rings is 1. The minimum absolute atomic E-state index is 0.0644. The zero-order chi connectivity index (χ0) is 14.2. The summed E-state index contributed by atoms with van der Waals surface area (Å²) in [6, 6.07) is 2.21. The van der Waals surface area contributed by atoms with E-state index in [-0.39, 0.29) is 23.8 Å². The quantitative estimate of drug-likeness (QED) is 0.804. The maximum atomic E-state index is 13.9. The van der Waals surface area contributed by atoms with E-state index in [1.807, 2.05) is 0 Å². The number of sulfonamides is 1. The maximum absolute atomic E-state index is 13.9. The molecule has 1 aliphatic heterocycles. The van der Waals surface area contributed by atoms with Gasteiger partial charge in [0, 0.05) is 18.1 Å². The number of nitrogens with two attached hydrogens (primary N) is 1. The smallest absolute Gasteiger partial charge is 0.246 e. The zero-order valence-electron chi connectivity index (χ0n) is 10.0. The number of nitrogen functional groups attached to an aromatic ring is 1. The van der Waals surface area contributed by atoms with E-state index in [1.54, 1.807) is 0 Å². The first-order chi connectivity index (χ1) is 8.82. The summed E-state index contributed by atoms with van der Waals surface area (Å²) < 4.78 is 39.6. The molecule has 0 atom stereocenters. The summed E-state index contributed by atoms with van der Waals surface area (Å²) in [4.78, 5) is -0.520. The van der Waals surface area contributed by atoms with Crippen molar-refractivity contribution in [2.24, 2.45) is 0 Å². The summed E-state index contributed by atoms with van der Waals surface area (Å²) in [7, 11) is -3.98. The van der Waals surface area contributed by atoms with Crippen LogP contribution >= 0.6 is 11.6 Å². The first-order valence-electron chi connectivity index (χ1n) is 5.75. The molecule has 0 spiro atoms. The Morgan fingerprint density at radius 3 is 2.53 bits per heavy atom. The van der Waals surface area contributed by atoms with Crippen LogP contribution in [0.4, 0.5) is 10.1 Å². The van der Waals surface area contributed by atoms with E-state index in [1.165, 1.54) is 0 Å². The van der Waals surface area contributed by atoms with Gasteiger partial charge in [0.1, 0.15) is 4.90 Å². The molecule has 106 valence electrons. The monoisotopic (exact) mass is 308 g/mol. The summed E-state index contributed by atoms with van der Waals surface area (Å²) in [6.07, 6.45) is 0.147. The van der Waals surface area contributed by atoms with Crippen molar-refractivity contribution in [3.8, 4) is 0 Å². The Morgan fingerprint density at radius 2 is 1.95 bits per heavy atom. The van der Waals surface area contributed by atoms with Crippen LogP contribution in [-0.4, -0.2) is 37.0 Å². The van der Waals surface area contributed by atoms with E-state index in [2.05, 4.69) is 0 Å². The van der Waals surface area contributed by atoms with E-state index in [9.17, 15) is 17.9 Å². The third-order valence-corrected chi connectivity index (χ3v) is 5.19. The van der Waals surface area contributed by atoms with Gasteiger partial charge in [-0.2, -0.15) is 4.31 Å². The van der Waals surface area contributed by atoms with Crippen LogP contribution in [0.15, 0.2) is 17.0 Å². The predicted molar refractivity (Wildman–Crippen MR) is 69.8 cm³/mol. The summed E-state index contributed by atoms with van der Waals surface area (Å²) >= 11 is 5.72. The molecule has 0 bridgehead atoms. The average Bonchev–Trinajstić information content (AvgIpc) is 2.34. The fraction of sp³-hybridized carbons (Fsp3) is 0.455. The highest BCUT2D eigenvalue weighted by molar-refractivity contribution is 7.89. The summed E-state index contributed by atoms with van der Waals surface area (Å²) in [5.74, 6) is -0.990. The molecule has 0 unspecified atom stereocenters. The van der Waals surface area contributed by atoms with E-state index in [4.69, 9.17) is 17.3 Å². The van der Waals surface area contributed by atoms with E-state index >= 15 is 0 Å². The Bertz CT molecular complexity index is 586. The lowest BCUT2D eigenvalue weighted by atomic mass is 10.1. The van der Waals surface area contributed by atoms with Crippen LogP contribution in [0.25, 0.3) is 0 Å². The summed E-state index contributed by atoms with van der Waals surface area (Å²) in [5.41, 5.74) is 5.08. The lowest BCUT2D eigenvalue weighted by molar-refractivity contribution is 0.113. The molecule has 0 saturated carbocycles. The molecule has 19 heavy (non-hydrogen) atoms. The number of hydrogen-bond donors (Lipinski definition) is 2. The molecule has 1 fully saturated rings. The Labute approximate surface area is 115 Å². The summed E-state index contributed by atoms with van der Waals surface area (Å²) in [6.45, 7) is 0.296. The minimum atomic E-state index is -3.98. The number of hydrogen-bond acceptors (Lipinski definition) is 4. The van der Waals surface area contributed by atoms with Crippen LogP contribution in [0, 0.1) is 5.82 Å². The molecule has 1 saturated heterocycles. The second kappa shape index (κ2) is 5.24. The van der Waals surface area contributed by atoms with Crippen molar-refractivity contribution in [3.63, 3.8) is 0 Å². The van der Waals surface area contributed by atoms with Gasteiger partial charge in [-0.15, -0.1) is 0 Å². The maximum Gasteiger partial charge on any atom is 0.246 e. The molecule has 1 heterocycles. The van der Waals surface area contributed by atoms with Crippen molar-refractivity contribution in [2.75, 3.05) is 18.8 Å². The van der Waals surface area contributed by atoms with Crippen molar-refractivity contribution >= 4 is 27.3 Å². The topological polar surface area (TPSA) is 83.6 Å². The van der Waals surface area contributed by atoms with Crippen molar-refractivity contribution in [1.82, 2.24) is 4.31 Å². The largest absolute Gasteiger partial charge is 0.396 e. The Balaban J connectivity index is 2.40. The molecular weight excluding hydrogens is 295 g/mol. The first-order valence-corrected chi connectivity index (χ1v) is 7.57. The second-order valence-electron chi connectivity index (χ2n) is 4.44. The van der Waals surface area contributed by atoms with Crippen molar-refractivity contribution in [3.05, 3.63) is 23.0 Å². The molecule has 1 aromatic rings. The molecule has 0 aromatic heterocycles. The van der Waals surface area contributed by atoms with Gasteiger partial charge in [0.05, 0.1) is 11.8 Å². The van der Waals surface area contributed by atoms with Gasteiger partial charge in [-0.25, -0.2) is 12.8 Å². The highest BCUT2D eigenvalue weighted by Gasteiger charge is 2.31. The number of nitrogens with zero attached hydrogens (tertiary/aromatic N) is 1. The van der Waals surface area contributed by atoms with Crippen LogP contribution in [0.2, 0.25) is 5.02 Å². The van der Waals surface area contributed by atoms with E-state index < -0.39 is 26.8 Å². The molecule has 0 aliphatic carbocycles. The fourth-order valence-corrected chi connectivity index (χ4v) is 3.88. The number of anilines is 1. The number of aliphatic hydroxyl groups excluding tert-OH is 1. The molecule has 0 amide bonds. The Morgan fingerprint density at radius 1 is 1.37 bits per heavy atom. The number of halogens is 2. The third-order valence-electron chi connectivity index (χ3n) is 3.07. The fourth-order valence-electron chi connectivity index (χ4n) is 1.99. The van der Waals surface area contributed by atoms with Crippen LogP contribution in [0.1, 0.15) is 12.8 Å². The number of rotatable bonds is 2. The SMILES string of the molecule is Nc1cc(Cl)cc(S(=O)(=O)N2CCC(O)CC2)c1F. The van der Waals surface area contributed by atoms with E-state index in [0.29, 0.717) is 12.8 Å². The van der Waals surface area contributed by atoms with Gasteiger partial charge < -0.3 is 10.8 Å². The lowest BCUT2D eigenvalue weighted by Gasteiger charge is -2.29. The van der Waals surface area contributed by atoms with Crippen LogP contribution in [0.5, 0.6) is 0 Å². The van der Waals surface area contributed by atoms with Crippen LogP contribution in [0.3, 0.4) is 0 Å². The van der Waals surface area contributed by atoms with Crippen LogP contribution < -0.4 is 5.73 Å². The van der Waals surface area contributed by atoms with Gasteiger partial charge in [0.15, 0.2) is 5.82 Å². The molecule has 0 radical (unpaired) electrons. The second-order valence-corrected chi connectivity index (χ2v) is 6.79. The number of piperidine rings is 1. The van der Waals surface area contributed by atoms with Crippen molar-refractivity contribution in [1.29, 1.82) is 0 Å². The van der Waals surface area contributed by atoms with Gasteiger partial charge in [0.2, 0.25) is 10.0 Å². The summed E-state index contributed by atoms with van der Waals surface area (Å²) in [5, 5.41) is 9.43. The predicted octanol–water partition coefficient (Wildman–Crippen LogP) is 1.21. The standard InChI is InChI=1S/C11H14ClFN2O3S/c12-7-5-9(14)11(13)10(6-7)19(17,18)15-3-1-8(16)2-4-15/h5-6,8,16H,1-4,14H2. The van der Waals surface area contributed by atoms with Gasteiger partial charge in [0.25, 0.3) is 0 Å². The van der Waals surface area contributed by atoms with Crippen molar-refractivity contribution in [2.45, 2.75) is 23.8 Å². The van der Waals surface area contributed by atoms with Gasteiger partial charge >= 0.3 is 0 Å². The average molecular weight is 309 g/mol. The third kappa shape index (κ3) is 2.84. The molecule has 1 aromatic carbocycles. The highest BCUT2D eigenvalue weighted by atomic mass is 35.5. The molecule has 8 heteroatoms. The Kier molecular flexibility index (Phi) is 4.00. The van der Waals surface area contributed by atoms with Gasteiger partial charge in [-0.3, -0.25) is 0 Å². The highest BCUT2D eigenvalue weighted by Crippen LogP contribution is 2.29. The first kappa shape index (κ1) is 14.5. The van der Waals surface area contributed by atoms with Gasteiger partial charge in [-0.1, -0.05) is 11.6 Å². The van der Waals surface area contributed by atoms with E-state index in [0.717, 1.165) is 16.4 Å². The zero-order valence-corrected chi connectivity index (χ0v) is 11.6. The molecule has 5 nitrogen and oxygen atoms in total. The van der Waals surface area contributed by atoms with Crippen molar-refractivity contribution < 1.29 is 17.9 Å². The molecule has 2 rings (SSSR count). The van der Waals surface area contributed by atoms with Gasteiger partial charge in [-0.05, 0) is 25.0 Å². The number of aliphatic hydroxyl groups is 1. The molecular formula is C11H14ClFN2O3S. The Hall–Kier alpha value is -0.890. The normalized spacial score (nSPS) is 18.7. The molecule has 3 N–H and O–H groups in total. The molecule has 1 aliphatic rings. The minimum Gasteiger partial charge on any atom is -0.396 e. The van der Waals surface area contributed by atoms with Crippen LogP contribution in [-0.2, 0) is 10.0 Å². The lowest BCUT2D eigenvalue weighted by Crippen LogP contribution is -2.40.